The molecule has 0 bridgehead atoms. The minimum Gasteiger partial charge on any atom is -0.469 e. The van der Waals surface area contributed by atoms with Gasteiger partial charge in [-0.2, -0.15) is 5.10 Å². The van der Waals surface area contributed by atoms with Gasteiger partial charge in [0.1, 0.15) is 18.4 Å². The number of benzene rings is 1. The molecule has 1 atom stereocenters. The van der Waals surface area contributed by atoms with Crippen LogP contribution in [0.25, 0.3) is 0 Å². The number of hydrogen-bond donors (Lipinski definition) is 0. The van der Waals surface area contributed by atoms with Gasteiger partial charge in [0.05, 0.1) is 0 Å². The van der Waals surface area contributed by atoms with Crippen molar-refractivity contribution in [2.75, 3.05) is 0 Å². The molecule has 0 saturated carbocycles. The molecule has 0 radical (unpaired) electrons. The summed E-state index contributed by atoms with van der Waals surface area (Å²) in [6.45, 7) is 1.88. The summed E-state index contributed by atoms with van der Waals surface area (Å²) >= 11 is 5.84. The van der Waals surface area contributed by atoms with Gasteiger partial charge in [-0.15, -0.1) is 0 Å². The van der Waals surface area contributed by atoms with Crippen LogP contribution in [-0.4, -0.2) is 14.8 Å². The Labute approximate surface area is 92.5 Å². The van der Waals surface area contributed by atoms with Crippen LogP contribution < -0.4 is 4.74 Å². The summed E-state index contributed by atoms with van der Waals surface area (Å²) in [7, 11) is 0. The number of nitrogens with zero attached hydrogens (tertiary/aromatic N) is 3. The first-order chi connectivity index (χ1) is 7.25. The van der Waals surface area contributed by atoms with E-state index in [2.05, 4.69) is 10.1 Å². The molecule has 0 spiro atoms. The molecule has 0 aliphatic rings. The molecule has 0 unspecified atom stereocenters. The molecule has 1 aromatic carbocycles. The molecule has 0 saturated heterocycles. The summed E-state index contributed by atoms with van der Waals surface area (Å²) in [6, 6.07) is 7.24. The van der Waals surface area contributed by atoms with Crippen molar-refractivity contribution in [2.24, 2.45) is 0 Å². The van der Waals surface area contributed by atoms with Gasteiger partial charge in [-0.25, -0.2) is 9.67 Å². The second-order valence-corrected chi connectivity index (χ2v) is 3.49. The Kier molecular flexibility index (Phi) is 2.87. The van der Waals surface area contributed by atoms with Gasteiger partial charge in [0.2, 0.25) is 0 Å². The molecule has 0 fully saturated rings. The fourth-order valence-electron chi connectivity index (χ4n) is 1.20. The average molecular weight is 224 g/mol. The molecule has 0 aliphatic heterocycles. The lowest BCUT2D eigenvalue weighted by Gasteiger charge is -2.14. The fraction of sp³-hybridized carbons (Fsp3) is 0.200. The first-order valence-corrected chi connectivity index (χ1v) is 4.90. The summed E-state index contributed by atoms with van der Waals surface area (Å²) in [6.07, 6.45) is 2.87. The van der Waals surface area contributed by atoms with Crippen LogP contribution in [0, 0.1) is 0 Å². The zero-order valence-electron chi connectivity index (χ0n) is 8.17. The zero-order valence-corrected chi connectivity index (χ0v) is 8.93. The van der Waals surface area contributed by atoms with E-state index in [0.29, 0.717) is 10.8 Å². The largest absolute Gasteiger partial charge is 0.469 e. The second kappa shape index (κ2) is 4.31. The van der Waals surface area contributed by atoms with Crippen molar-refractivity contribution in [1.29, 1.82) is 0 Å². The summed E-state index contributed by atoms with van der Waals surface area (Å²) < 4.78 is 7.24. The van der Waals surface area contributed by atoms with E-state index >= 15 is 0 Å². The predicted octanol–water partition coefficient (Wildman–Crippen LogP) is 2.53. The van der Waals surface area contributed by atoms with Crippen molar-refractivity contribution in [2.45, 2.75) is 13.2 Å². The van der Waals surface area contributed by atoms with Crippen molar-refractivity contribution in [3.8, 4) is 5.75 Å². The van der Waals surface area contributed by atoms with Crippen LogP contribution in [0.15, 0.2) is 36.9 Å². The third-order valence-corrected chi connectivity index (χ3v) is 2.15. The molecular formula is C10H10ClN3O. The number of halogens is 1. The predicted molar refractivity (Wildman–Crippen MR) is 56.8 cm³/mol. The molecule has 0 aliphatic carbocycles. The van der Waals surface area contributed by atoms with E-state index in [1.165, 1.54) is 6.33 Å². The third-order valence-electron chi connectivity index (χ3n) is 1.91. The van der Waals surface area contributed by atoms with Gasteiger partial charge in [0.25, 0.3) is 0 Å². The Hall–Kier alpha value is -1.55. The second-order valence-electron chi connectivity index (χ2n) is 3.05. The quantitative estimate of drug-likeness (QED) is 0.803. The van der Waals surface area contributed by atoms with Crippen LogP contribution in [0.2, 0.25) is 5.02 Å². The summed E-state index contributed by atoms with van der Waals surface area (Å²) in [5.41, 5.74) is 0. The summed E-state index contributed by atoms with van der Waals surface area (Å²) in [5.74, 6) is 0.713. The molecule has 0 N–H and O–H groups in total. The van der Waals surface area contributed by atoms with Crippen molar-refractivity contribution in [3.63, 3.8) is 0 Å². The van der Waals surface area contributed by atoms with Gasteiger partial charge in [0.15, 0.2) is 6.23 Å². The van der Waals surface area contributed by atoms with Crippen LogP contribution in [0.4, 0.5) is 0 Å². The van der Waals surface area contributed by atoms with Gasteiger partial charge in [-0.3, -0.25) is 0 Å². The zero-order chi connectivity index (χ0) is 10.7. The topological polar surface area (TPSA) is 39.9 Å². The molecule has 78 valence electrons. The minimum atomic E-state index is -0.203. The molecule has 0 amide bonds. The Morgan fingerprint density at radius 1 is 1.47 bits per heavy atom. The highest BCUT2D eigenvalue weighted by Gasteiger charge is 2.06. The van der Waals surface area contributed by atoms with E-state index < -0.39 is 0 Å². The van der Waals surface area contributed by atoms with E-state index in [-0.39, 0.29) is 6.23 Å². The monoisotopic (exact) mass is 223 g/mol. The molecule has 5 heteroatoms. The molecule has 1 heterocycles. The maximum Gasteiger partial charge on any atom is 0.190 e. The van der Waals surface area contributed by atoms with Crippen LogP contribution in [0.3, 0.4) is 0 Å². The number of ether oxygens (including phenoxy) is 1. The number of hydrogen-bond acceptors (Lipinski definition) is 3. The highest BCUT2D eigenvalue weighted by molar-refractivity contribution is 6.30. The average Bonchev–Trinajstić information content (AvgIpc) is 2.70. The van der Waals surface area contributed by atoms with Gasteiger partial charge >= 0.3 is 0 Å². The number of aromatic nitrogens is 3. The molecule has 15 heavy (non-hydrogen) atoms. The van der Waals surface area contributed by atoms with Gasteiger partial charge < -0.3 is 4.74 Å². The maximum atomic E-state index is 5.84. The van der Waals surface area contributed by atoms with E-state index in [1.54, 1.807) is 23.1 Å². The lowest BCUT2D eigenvalue weighted by molar-refractivity contribution is 0.138. The summed E-state index contributed by atoms with van der Waals surface area (Å²) in [4.78, 5) is 3.85. The molecular weight excluding hydrogens is 214 g/mol. The van der Waals surface area contributed by atoms with Crippen molar-refractivity contribution in [3.05, 3.63) is 41.9 Å². The summed E-state index contributed by atoms with van der Waals surface area (Å²) in [5, 5.41) is 4.63. The highest BCUT2D eigenvalue weighted by atomic mass is 35.5. The van der Waals surface area contributed by atoms with Crippen LogP contribution in [-0.2, 0) is 0 Å². The molecule has 2 aromatic rings. The first-order valence-electron chi connectivity index (χ1n) is 4.52. The Morgan fingerprint density at radius 3 is 3.00 bits per heavy atom. The fourth-order valence-corrected chi connectivity index (χ4v) is 1.38. The highest BCUT2D eigenvalue weighted by Crippen LogP contribution is 2.20. The normalized spacial score (nSPS) is 12.4. The Balaban J connectivity index is 2.09. The third kappa shape index (κ3) is 2.47. The maximum absolute atomic E-state index is 5.84. The smallest absolute Gasteiger partial charge is 0.190 e. The van der Waals surface area contributed by atoms with E-state index in [1.807, 2.05) is 19.1 Å². The number of rotatable bonds is 3. The lowest BCUT2D eigenvalue weighted by atomic mass is 10.3. The van der Waals surface area contributed by atoms with Crippen LogP contribution >= 0.6 is 11.6 Å². The van der Waals surface area contributed by atoms with Crippen molar-refractivity contribution >= 4 is 11.6 Å². The van der Waals surface area contributed by atoms with Crippen molar-refractivity contribution < 1.29 is 4.74 Å². The molecule has 1 aromatic heterocycles. The van der Waals surface area contributed by atoms with Gasteiger partial charge in [-0.05, 0) is 25.1 Å². The Morgan fingerprint density at radius 2 is 2.33 bits per heavy atom. The van der Waals surface area contributed by atoms with Crippen LogP contribution in [0.1, 0.15) is 13.2 Å². The van der Waals surface area contributed by atoms with E-state index in [0.717, 1.165) is 0 Å². The van der Waals surface area contributed by atoms with E-state index in [9.17, 15) is 0 Å². The molecule has 2 rings (SSSR count). The van der Waals surface area contributed by atoms with Crippen molar-refractivity contribution in [1.82, 2.24) is 14.8 Å². The molecule has 4 nitrogen and oxygen atoms in total. The van der Waals surface area contributed by atoms with Gasteiger partial charge in [0, 0.05) is 5.02 Å². The van der Waals surface area contributed by atoms with E-state index in [4.69, 9.17) is 16.3 Å². The standard InChI is InChI=1S/C10H10ClN3O/c1-8(14-7-12-6-13-14)15-10-4-2-3-9(11)5-10/h2-8H,1H3/t8-/m0/s1. The minimum absolute atomic E-state index is 0.203. The SMILES string of the molecule is C[C@H](Oc1cccc(Cl)c1)n1cncn1. The van der Waals surface area contributed by atoms with Gasteiger partial charge in [-0.1, -0.05) is 17.7 Å². The first kappa shape index (κ1) is 9.98. The van der Waals surface area contributed by atoms with Crippen LogP contribution in [0.5, 0.6) is 5.75 Å². The lowest BCUT2D eigenvalue weighted by Crippen LogP contribution is -2.12. The Bertz CT molecular complexity index is 430.